The first kappa shape index (κ1) is 15.0. The van der Waals surface area contributed by atoms with E-state index in [0.29, 0.717) is 5.02 Å². The number of amides is 2. The molecule has 1 rings (SSSR count). The average Bonchev–Trinajstić information content (AvgIpc) is 2.33. The van der Waals surface area contributed by atoms with Crippen LogP contribution < -0.4 is 11.1 Å². The molecule has 0 saturated heterocycles. The second kappa shape index (κ2) is 6.75. The number of benzene rings is 1. The Bertz CT molecular complexity index is 504. The van der Waals surface area contributed by atoms with Gasteiger partial charge in [0.25, 0.3) is 5.91 Å². The zero-order valence-corrected chi connectivity index (χ0v) is 10.7. The van der Waals surface area contributed by atoms with E-state index in [2.05, 4.69) is 5.32 Å². The number of rotatable bonds is 6. The quantitative estimate of drug-likeness (QED) is 0.717. The average molecular weight is 285 g/mol. The normalized spacial score (nSPS) is 11.6. The monoisotopic (exact) mass is 284 g/mol. The van der Waals surface area contributed by atoms with E-state index in [1.54, 1.807) is 12.1 Å². The summed E-state index contributed by atoms with van der Waals surface area (Å²) in [7, 11) is 0. The molecule has 1 aromatic carbocycles. The van der Waals surface area contributed by atoms with Crippen molar-refractivity contribution in [2.24, 2.45) is 5.73 Å². The number of carboxylic acid groups (broad SMARTS) is 1. The van der Waals surface area contributed by atoms with Crippen molar-refractivity contribution in [1.82, 2.24) is 5.32 Å². The number of nitrogens with two attached hydrogens (primary N) is 1. The van der Waals surface area contributed by atoms with Crippen molar-refractivity contribution >= 4 is 29.4 Å². The molecule has 1 atom stereocenters. The summed E-state index contributed by atoms with van der Waals surface area (Å²) in [5.74, 6) is -2.42. The van der Waals surface area contributed by atoms with Crippen LogP contribution in [0.5, 0.6) is 0 Å². The Labute approximate surface area is 114 Å². The zero-order chi connectivity index (χ0) is 14.4. The predicted molar refractivity (Wildman–Crippen MR) is 68.8 cm³/mol. The molecule has 0 fully saturated rings. The predicted octanol–water partition coefficient (Wildman–Crippen LogP) is 0.788. The SMILES string of the molecule is NC(=O)CC[C@H](NC(=O)c1cccc(Cl)c1)C(=O)O. The third-order valence-corrected chi connectivity index (χ3v) is 2.60. The summed E-state index contributed by atoms with van der Waals surface area (Å²) in [4.78, 5) is 33.4. The molecule has 2 amide bonds. The van der Waals surface area contributed by atoms with Gasteiger partial charge >= 0.3 is 5.97 Å². The fourth-order valence-electron chi connectivity index (χ4n) is 1.42. The zero-order valence-electron chi connectivity index (χ0n) is 9.93. The van der Waals surface area contributed by atoms with Crippen LogP contribution in [0.3, 0.4) is 0 Å². The smallest absolute Gasteiger partial charge is 0.326 e. The van der Waals surface area contributed by atoms with E-state index < -0.39 is 23.8 Å². The summed E-state index contributed by atoms with van der Waals surface area (Å²) >= 11 is 5.73. The Morgan fingerprint density at radius 3 is 2.58 bits per heavy atom. The number of carbonyl (C=O) groups excluding carboxylic acids is 2. The van der Waals surface area contributed by atoms with Crippen molar-refractivity contribution in [3.05, 3.63) is 34.9 Å². The lowest BCUT2D eigenvalue weighted by atomic mass is 10.1. The van der Waals surface area contributed by atoms with Crippen molar-refractivity contribution in [3.8, 4) is 0 Å². The number of hydrogen-bond acceptors (Lipinski definition) is 3. The standard InChI is InChI=1S/C12H13ClN2O4/c13-8-3-1-2-7(6-8)11(17)15-9(12(18)19)4-5-10(14)16/h1-3,6,9H,4-5H2,(H2,14,16)(H,15,17)(H,18,19)/t9-/m0/s1. The van der Waals surface area contributed by atoms with Gasteiger partial charge in [0.05, 0.1) is 0 Å². The Hall–Kier alpha value is -2.08. The highest BCUT2D eigenvalue weighted by molar-refractivity contribution is 6.30. The number of nitrogens with one attached hydrogen (secondary N) is 1. The van der Waals surface area contributed by atoms with Crippen LogP contribution in [0.1, 0.15) is 23.2 Å². The number of carboxylic acids is 1. The molecule has 0 aliphatic rings. The number of hydrogen-bond donors (Lipinski definition) is 3. The Morgan fingerprint density at radius 1 is 1.37 bits per heavy atom. The van der Waals surface area contributed by atoms with Crippen LogP contribution in [-0.2, 0) is 9.59 Å². The van der Waals surface area contributed by atoms with Crippen LogP contribution in [0.15, 0.2) is 24.3 Å². The van der Waals surface area contributed by atoms with Gasteiger partial charge in [-0.1, -0.05) is 17.7 Å². The third-order valence-electron chi connectivity index (χ3n) is 2.37. The van der Waals surface area contributed by atoms with Crippen molar-refractivity contribution in [3.63, 3.8) is 0 Å². The summed E-state index contributed by atoms with van der Waals surface area (Å²) < 4.78 is 0. The van der Waals surface area contributed by atoms with E-state index in [9.17, 15) is 14.4 Å². The van der Waals surface area contributed by atoms with Gasteiger partial charge in [-0.15, -0.1) is 0 Å². The molecule has 7 heteroatoms. The van der Waals surface area contributed by atoms with Gasteiger partial charge in [0, 0.05) is 17.0 Å². The molecular weight excluding hydrogens is 272 g/mol. The maximum Gasteiger partial charge on any atom is 0.326 e. The largest absolute Gasteiger partial charge is 0.480 e. The summed E-state index contributed by atoms with van der Waals surface area (Å²) in [6.45, 7) is 0. The maximum absolute atomic E-state index is 11.8. The van der Waals surface area contributed by atoms with Gasteiger partial charge in [0.15, 0.2) is 0 Å². The first-order valence-electron chi connectivity index (χ1n) is 5.47. The van der Waals surface area contributed by atoms with Crippen LogP contribution in [-0.4, -0.2) is 28.9 Å². The topological polar surface area (TPSA) is 109 Å². The first-order chi connectivity index (χ1) is 8.90. The molecule has 6 nitrogen and oxygen atoms in total. The summed E-state index contributed by atoms with van der Waals surface area (Å²) in [6, 6.07) is 4.94. The fourth-order valence-corrected chi connectivity index (χ4v) is 1.61. The third kappa shape index (κ3) is 4.97. The molecule has 4 N–H and O–H groups in total. The molecule has 102 valence electrons. The van der Waals surface area contributed by atoms with E-state index in [1.807, 2.05) is 0 Å². The molecule has 0 heterocycles. The molecule has 0 aliphatic carbocycles. The van der Waals surface area contributed by atoms with Gasteiger partial charge in [-0.2, -0.15) is 0 Å². The van der Waals surface area contributed by atoms with Crippen LogP contribution in [0.4, 0.5) is 0 Å². The van der Waals surface area contributed by atoms with Gasteiger partial charge < -0.3 is 16.2 Å². The summed E-state index contributed by atoms with van der Waals surface area (Å²) in [5.41, 5.74) is 5.19. The highest BCUT2D eigenvalue weighted by Gasteiger charge is 2.21. The Morgan fingerprint density at radius 2 is 2.05 bits per heavy atom. The minimum atomic E-state index is -1.23. The number of aliphatic carboxylic acids is 1. The summed E-state index contributed by atoms with van der Waals surface area (Å²) in [6.07, 6.45) is -0.177. The maximum atomic E-state index is 11.8. The Balaban J connectivity index is 2.71. The van der Waals surface area contributed by atoms with Crippen molar-refractivity contribution in [2.75, 3.05) is 0 Å². The lowest BCUT2D eigenvalue weighted by molar-refractivity contribution is -0.139. The summed E-state index contributed by atoms with van der Waals surface area (Å²) in [5, 5.41) is 11.6. The highest BCUT2D eigenvalue weighted by atomic mass is 35.5. The number of primary amides is 1. The van der Waals surface area contributed by atoms with Crippen molar-refractivity contribution in [1.29, 1.82) is 0 Å². The van der Waals surface area contributed by atoms with E-state index in [1.165, 1.54) is 12.1 Å². The number of carbonyl (C=O) groups is 3. The second-order valence-corrected chi connectivity index (χ2v) is 4.32. The van der Waals surface area contributed by atoms with E-state index in [0.717, 1.165) is 0 Å². The van der Waals surface area contributed by atoms with Gasteiger partial charge in [-0.05, 0) is 24.6 Å². The molecule has 0 radical (unpaired) electrons. The van der Waals surface area contributed by atoms with E-state index >= 15 is 0 Å². The minimum absolute atomic E-state index is 0.0586. The molecular formula is C12H13ClN2O4. The molecule has 0 spiro atoms. The fraction of sp³-hybridized carbons (Fsp3) is 0.250. The van der Waals surface area contributed by atoms with Gasteiger partial charge in [0.2, 0.25) is 5.91 Å². The minimum Gasteiger partial charge on any atom is -0.480 e. The van der Waals surface area contributed by atoms with Gasteiger partial charge in [-0.25, -0.2) is 4.79 Å². The molecule has 0 unspecified atom stereocenters. The molecule has 19 heavy (non-hydrogen) atoms. The van der Waals surface area contributed by atoms with Crippen LogP contribution in [0.25, 0.3) is 0 Å². The lowest BCUT2D eigenvalue weighted by Gasteiger charge is -2.13. The second-order valence-electron chi connectivity index (χ2n) is 3.88. The Kier molecular flexibility index (Phi) is 5.32. The molecule has 0 aromatic heterocycles. The van der Waals surface area contributed by atoms with Gasteiger partial charge in [0.1, 0.15) is 6.04 Å². The molecule has 0 saturated carbocycles. The molecule has 1 aromatic rings. The highest BCUT2D eigenvalue weighted by Crippen LogP contribution is 2.11. The molecule has 0 bridgehead atoms. The van der Waals surface area contributed by atoms with Gasteiger partial charge in [-0.3, -0.25) is 9.59 Å². The van der Waals surface area contributed by atoms with Crippen LogP contribution in [0.2, 0.25) is 5.02 Å². The first-order valence-corrected chi connectivity index (χ1v) is 5.85. The molecule has 0 aliphatic heterocycles. The lowest BCUT2D eigenvalue weighted by Crippen LogP contribution is -2.41. The van der Waals surface area contributed by atoms with Crippen LogP contribution >= 0.6 is 11.6 Å². The van der Waals surface area contributed by atoms with E-state index in [4.69, 9.17) is 22.4 Å². The van der Waals surface area contributed by atoms with Crippen molar-refractivity contribution < 1.29 is 19.5 Å². The van der Waals surface area contributed by atoms with E-state index in [-0.39, 0.29) is 18.4 Å². The number of halogens is 1. The van der Waals surface area contributed by atoms with Crippen LogP contribution in [0, 0.1) is 0 Å². The van der Waals surface area contributed by atoms with Crippen molar-refractivity contribution in [2.45, 2.75) is 18.9 Å².